The molecule has 1 atom stereocenters. The fourth-order valence-electron chi connectivity index (χ4n) is 2.67. The summed E-state index contributed by atoms with van der Waals surface area (Å²) in [7, 11) is 2.15. The van der Waals surface area contributed by atoms with Crippen molar-refractivity contribution in [2.45, 2.75) is 51.1 Å². The maximum atomic E-state index is 12.2. The second-order valence-electron chi connectivity index (χ2n) is 5.45. The Hall–Kier alpha value is -0.770. The second-order valence-corrected chi connectivity index (χ2v) is 5.45. The van der Waals surface area contributed by atoms with Gasteiger partial charge in [-0.15, -0.1) is 0 Å². The Bertz CT molecular complexity index is 265. The largest absolute Gasteiger partial charge is 0.335 e. The third-order valence-electron chi connectivity index (χ3n) is 4.07. The number of rotatable bonds is 2. The number of hydrogen-bond acceptors (Lipinski definition) is 2. The van der Waals surface area contributed by atoms with Crippen LogP contribution < -0.4 is 5.32 Å². The first-order valence-electron chi connectivity index (χ1n) is 6.96. The van der Waals surface area contributed by atoms with Gasteiger partial charge in [-0.05, 0) is 45.7 Å². The van der Waals surface area contributed by atoms with E-state index in [0.29, 0.717) is 12.1 Å². The first kappa shape index (κ1) is 12.7. The lowest BCUT2D eigenvalue weighted by atomic mass is 9.93. The Morgan fingerprint density at radius 3 is 2.65 bits per heavy atom. The SMILES string of the molecule is CCC1CN(C)CCCN1C(=O)NC1CCC1. The smallest absolute Gasteiger partial charge is 0.317 e. The molecule has 1 aliphatic carbocycles. The highest BCUT2D eigenvalue weighted by Gasteiger charge is 2.28. The van der Waals surface area contributed by atoms with Crippen LogP contribution in [0.15, 0.2) is 0 Å². The van der Waals surface area contributed by atoms with Crippen molar-refractivity contribution in [1.29, 1.82) is 0 Å². The van der Waals surface area contributed by atoms with Gasteiger partial charge in [0.1, 0.15) is 0 Å². The Morgan fingerprint density at radius 2 is 2.06 bits per heavy atom. The summed E-state index contributed by atoms with van der Waals surface area (Å²) in [5.41, 5.74) is 0. The van der Waals surface area contributed by atoms with Gasteiger partial charge >= 0.3 is 6.03 Å². The van der Waals surface area contributed by atoms with E-state index in [9.17, 15) is 4.79 Å². The van der Waals surface area contributed by atoms with Gasteiger partial charge in [-0.2, -0.15) is 0 Å². The molecule has 2 rings (SSSR count). The lowest BCUT2D eigenvalue weighted by Gasteiger charge is -2.34. The average Bonchev–Trinajstić information content (AvgIpc) is 2.44. The van der Waals surface area contributed by atoms with E-state index >= 15 is 0 Å². The molecule has 0 radical (unpaired) electrons. The van der Waals surface area contributed by atoms with Crippen LogP contribution in [0.25, 0.3) is 0 Å². The fourth-order valence-corrected chi connectivity index (χ4v) is 2.67. The number of nitrogens with zero attached hydrogens (tertiary/aromatic N) is 2. The van der Waals surface area contributed by atoms with E-state index in [1.165, 1.54) is 6.42 Å². The van der Waals surface area contributed by atoms with Crippen molar-refractivity contribution in [1.82, 2.24) is 15.1 Å². The number of amides is 2. The zero-order valence-corrected chi connectivity index (χ0v) is 11.1. The van der Waals surface area contributed by atoms with Gasteiger partial charge in [-0.3, -0.25) is 0 Å². The predicted molar refractivity (Wildman–Crippen MR) is 69.1 cm³/mol. The molecule has 2 fully saturated rings. The molecule has 1 saturated heterocycles. The molecule has 0 aromatic carbocycles. The number of nitrogens with one attached hydrogen (secondary N) is 1. The molecule has 0 spiro atoms. The van der Waals surface area contributed by atoms with Crippen LogP contribution in [0, 0.1) is 0 Å². The molecule has 0 aromatic heterocycles. The summed E-state index contributed by atoms with van der Waals surface area (Å²) in [6, 6.07) is 0.986. The predicted octanol–water partition coefficient (Wildman–Crippen LogP) is 1.66. The van der Waals surface area contributed by atoms with Crippen LogP contribution in [-0.2, 0) is 0 Å². The molecular weight excluding hydrogens is 214 g/mol. The van der Waals surface area contributed by atoms with E-state index in [1.807, 2.05) is 0 Å². The minimum Gasteiger partial charge on any atom is -0.335 e. The van der Waals surface area contributed by atoms with Crippen LogP contribution in [0.2, 0.25) is 0 Å². The van der Waals surface area contributed by atoms with Gasteiger partial charge in [0, 0.05) is 25.2 Å². The lowest BCUT2D eigenvalue weighted by molar-refractivity contribution is 0.160. The molecule has 4 heteroatoms. The molecule has 1 N–H and O–H groups in total. The van der Waals surface area contributed by atoms with Gasteiger partial charge in [-0.25, -0.2) is 4.79 Å². The van der Waals surface area contributed by atoms with Crippen molar-refractivity contribution in [3.05, 3.63) is 0 Å². The second kappa shape index (κ2) is 5.71. The number of carbonyl (C=O) groups excluding carboxylic acids is 1. The highest BCUT2D eigenvalue weighted by Crippen LogP contribution is 2.19. The van der Waals surface area contributed by atoms with E-state index in [0.717, 1.165) is 45.3 Å². The molecule has 1 aliphatic heterocycles. The average molecular weight is 239 g/mol. The van der Waals surface area contributed by atoms with Gasteiger partial charge in [0.25, 0.3) is 0 Å². The molecule has 2 amide bonds. The number of carbonyl (C=O) groups is 1. The molecule has 4 nitrogen and oxygen atoms in total. The standard InChI is InChI=1S/C13H25N3O/c1-3-12-10-15(2)8-5-9-16(12)13(17)14-11-6-4-7-11/h11-12H,3-10H2,1-2H3,(H,14,17). The topological polar surface area (TPSA) is 35.6 Å². The van der Waals surface area contributed by atoms with Crippen LogP contribution in [0.1, 0.15) is 39.0 Å². The Labute approximate surface area is 104 Å². The summed E-state index contributed by atoms with van der Waals surface area (Å²) < 4.78 is 0. The van der Waals surface area contributed by atoms with Crippen molar-refractivity contribution >= 4 is 6.03 Å². The van der Waals surface area contributed by atoms with Crippen LogP contribution in [0.4, 0.5) is 4.79 Å². The van der Waals surface area contributed by atoms with Gasteiger partial charge in [0.2, 0.25) is 0 Å². The molecular formula is C13H25N3O. The Morgan fingerprint density at radius 1 is 1.29 bits per heavy atom. The summed E-state index contributed by atoms with van der Waals surface area (Å²) in [5, 5.41) is 3.16. The molecule has 1 saturated carbocycles. The minimum atomic E-state index is 0.164. The molecule has 1 unspecified atom stereocenters. The van der Waals surface area contributed by atoms with Crippen LogP contribution >= 0.6 is 0 Å². The van der Waals surface area contributed by atoms with Crippen LogP contribution in [0.3, 0.4) is 0 Å². The van der Waals surface area contributed by atoms with Gasteiger partial charge in [-0.1, -0.05) is 6.92 Å². The zero-order chi connectivity index (χ0) is 12.3. The fraction of sp³-hybridized carbons (Fsp3) is 0.923. The summed E-state index contributed by atoms with van der Waals surface area (Å²) in [5.74, 6) is 0. The van der Waals surface area contributed by atoms with Crippen LogP contribution in [0.5, 0.6) is 0 Å². The molecule has 0 bridgehead atoms. The molecule has 0 aromatic rings. The highest BCUT2D eigenvalue weighted by molar-refractivity contribution is 5.75. The van der Waals surface area contributed by atoms with Crippen molar-refractivity contribution in [3.63, 3.8) is 0 Å². The summed E-state index contributed by atoms with van der Waals surface area (Å²) in [6.07, 6.45) is 5.73. The molecule has 98 valence electrons. The maximum absolute atomic E-state index is 12.2. The summed E-state index contributed by atoms with van der Waals surface area (Å²) in [6.45, 7) is 5.19. The maximum Gasteiger partial charge on any atom is 0.317 e. The Kier molecular flexibility index (Phi) is 4.26. The molecule has 1 heterocycles. The van der Waals surface area contributed by atoms with Crippen molar-refractivity contribution in [3.8, 4) is 0 Å². The summed E-state index contributed by atoms with van der Waals surface area (Å²) >= 11 is 0. The van der Waals surface area contributed by atoms with E-state index in [2.05, 4.69) is 29.1 Å². The lowest BCUT2D eigenvalue weighted by Crippen LogP contribution is -2.52. The summed E-state index contributed by atoms with van der Waals surface area (Å²) in [4.78, 5) is 16.6. The van der Waals surface area contributed by atoms with Crippen molar-refractivity contribution in [2.75, 3.05) is 26.7 Å². The first-order chi connectivity index (χ1) is 8.20. The van der Waals surface area contributed by atoms with E-state index in [-0.39, 0.29) is 6.03 Å². The molecule has 17 heavy (non-hydrogen) atoms. The van der Waals surface area contributed by atoms with Crippen LogP contribution in [-0.4, -0.2) is 54.6 Å². The number of hydrogen-bond donors (Lipinski definition) is 1. The van der Waals surface area contributed by atoms with Gasteiger partial charge in [0.05, 0.1) is 0 Å². The van der Waals surface area contributed by atoms with Crippen molar-refractivity contribution < 1.29 is 4.79 Å². The normalized spacial score (nSPS) is 27.4. The van der Waals surface area contributed by atoms with E-state index in [1.54, 1.807) is 0 Å². The van der Waals surface area contributed by atoms with Gasteiger partial charge in [0.15, 0.2) is 0 Å². The zero-order valence-electron chi connectivity index (χ0n) is 11.1. The monoisotopic (exact) mass is 239 g/mol. The number of likely N-dealkylation sites (N-methyl/N-ethyl adjacent to an activating group) is 1. The molecule has 2 aliphatic rings. The third-order valence-corrected chi connectivity index (χ3v) is 4.07. The van der Waals surface area contributed by atoms with E-state index in [4.69, 9.17) is 0 Å². The van der Waals surface area contributed by atoms with Crippen molar-refractivity contribution in [2.24, 2.45) is 0 Å². The van der Waals surface area contributed by atoms with Gasteiger partial charge < -0.3 is 15.1 Å². The Balaban J connectivity index is 1.92. The third kappa shape index (κ3) is 3.12. The first-order valence-corrected chi connectivity index (χ1v) is 6.96. The van der Waals surface area contributed by atoms with E-state index < -0.39 is 0 Å². The highest BCUT2D eigenvalue weighted by atomic mass is 16.2. The number of urea groups is 1. The quantitative estimate of drug-likeness (QED) is 0.795. The minimum absolute atomic E-state index is 0.164.